The fourth-order valence-electron chi connectivity index (χ4n) is 1.12. The molecule has 1 heterocycles. The number of oxazole rings is 1. The van der Waals surface area contributed by atoms with Crippen LogP contribution in [0, 0.1) is 5.92 Å². The summed E-state index contributed by atoms with van der Waals surface area (Å²) in [5, 5.41) is 3.01. The maximum atomic E-state index is 11.3. The molecule has 1 N–H and O–H groups in total. The van der Waals surface area contributed by atoms with Crippen LogP contribution in [0.15, 0.2) is 10.7 Å². The molecule has 1 aromatic heterocycles. The van der Waals surface area contributed by atoms with Gasteiger partial charge in [0.05, 0.1) is 6.61 Å². The summed E-state index contributed by atoms with van der Waals surface area (Å²) in [6, 6.07) is 0.365. The zero-order valence-corrected chi connectivity index (χ0v) is 9.95. The van der Waals surface area contributed by atoms with Crippen molar-refractivity contribution in [1.29, 1.82) is 0 Å². The fraction of sp³-hybridized carbons (Fsp3) is 0.636. The number of esters is 1. The molecule has 0 unspecified atom stereocenters. The second kappa shape index (κ2) is 6.15. The van der Waals surface area contributed by atoms with E-state index in [0.29, 0.717) is 18.5 Å². The number of hydrogen-bond acceptors (Lipinski definition) is 5. The van der Waals surface area contributed by atoms with Crippen molar-refractivity contribution in [3.05, 3.63) is 12.0 Å². The molecule has 5 nitrogen and oxygen atoms in total. The molecule has 0 aliphatic heterocycles. The Labute approximate surface area is 95.2 Å². The van der Waals surface area contributed by atoms with Crippen LogP contribution in [-0.4, -0.2) is 24.1 Å². The highest BCUT2D eigenvalue weighted by Gasteiger charge is 2.12. The summed E-state index contributed by atoms with van der Waals surface area (Å²) in [7, 11) is 0. The third-order valence-corrected chi connectivity index (χ3v) is 1.99. The van der Waals surface area contributed by atoms with Crippen molar-refractivity contribution in [1.82, 2.24) is 4.98 Å². The number of carbonyl (C=O) groups is 1. The average Bonchev–Trinajstić information content (AvgIpc) is 2.66. The van der Waals surface area contributed by atoms with E-state index >= 15 is 0 Å². The summed E-state index contributed by atoms with van der Waals surface area (Å²) >= 11 is 0. The molecule has 0 spiro atoms. The van der Waals surface area contributed by atoms with Crippen LogP contribution in [-0.2, 0) is 4.74 Å². The maximum absolute atomic E-state index is 11.3. The minimum atomic E-state index is -0.455. The first-order valence-corrected chi connectivity index (χ1v) is 5.50. The lowest BCUT2D eigenvalue weighted by atomic mass is 10.1. The van der Waals surface area contributed by atoms with E-state index in [9.17, 15) is 4.79 Å². The van der Waals surface area contributed by atoms with E-state index in [1.54, 1.807) is 6.92 Å². The summed E-state index contributed by atoms with van der Waals surface area (Å²) in [5.41, 5.74) is 0.203. The van der Waals surface area contributed by atoms with Gasteiger partial charge in [-0.25, -0.2) is 4.79 Å². The standard InChI is InChI=1S/C11H18N2O3/c1-4-15-10(14)9-7-16-11(13-9)12-6-5-8(2)3/h7-8H,4-6H2,1-3H3,(H,12,13). The van der Waals surface area contributed by atoms with Crippen LogP contribution in [0.3, 0.4) is 0 Å². The lowest BCUT2D eigenvalue weighted by Gasteiger charge is -2.03. The van der Waals surface area contributed by atoms with Crippen molar-refractivity contribution in [3.8, 4) is 0 Å². The minimum Gasteiger partial charge on any atom is -0.461 e. The average molecular weight is 226 g/mol. The van der Waals surface area contributed by atoms with Crippen LogP contribution in [0.2, 0.25) is 0 Å². The van der Waals surface area contributed by atoms with Crippen molar-refractivity contribution in [2.45, 2.75) is 27.2 Å². The van der Waals surface area contributed by atoms with Crippen LogP contribution < -0.4 is 5.32 Å². The third-order valence-electron chi connectivity index (χ3n) is 1.99. The lowest BCUT2D eigenvalue weighted by molar-refractivity contribution is 0.0519. The molecule has 0 aromatic carbocycles. The van der Waals surface area contributed by atoms with Gasteiger partial charge in [-0.05, 0) is 19.3 Å². The molecule has 0 amide bonds. The zero-order chi connectivity index (χ0) is 12.0. The topological polar surface area (TPSA) is 64.4 Å². The highest BCUT2D eigenvalue weighted by molar-refractivity contribution is 5.87. The molecule has 0 aliphatic carbocycles. The number of hydrogen-bond donors (Lipinski definition) is 1. The summed E-state index contributed by atoms with van der Waals surface area (Å²) in [6.07, 6.45) is 2.33. The number of carbonyl (C=O) groups excluding carboxylic acids is 1. The Morgan fingerprint density at radius 2 is 2.38 bits per heavy atom. The predicted octanol–water partition coefficient (Wildman–Crippen LogP) is 2.31. The Bertz CT molecular complexity index is 334. The van der Waals surface area contributed by atoms with Crippen molar-refractivity contribution >= 4 is 12.0 Å². The molecular weight excluding hydrogens is 208 g/mol. The summed E-state index contributed by atoms with van der Waals surface area (Å²) in [4.78, 5) is 15.2. The monoisotopic (exact) mass is 226 g/mol. The Kier molecular flexibility index (Phi) is 4.82. The number of ether oxygens (including phenoxy) is 1. The molecule has 0 saturated carbocycles. The van der Waals surface area contributed by atoms with Gasteiger partial charge in [-0.2, -0.15) is 4.98 Å². The summed E-state index contributed by atoms with van der Waals surface area (Å²) in [5.74, 6) is 0.162. The van der Waals surface area contributed by atoms with Gasteiger partial charge in [0.25, 0.3) is 6.01 Å². The molecule has 0 aliphatic rings. The van der Waals surface area contributed by atoms with Crippen LogP contribution >= 0.6 is 0 Å². The van der Waals surface area contributed by atoms with Gasteiger partial charge in [0.15, 0.2) is 5.69 Å². The van der Waals surface area contributed by atoms with Crippen molar-refractivity contribution < 1.29 is 13.9 Å². The van der Waals surface area contributed by atoms with Gasteiger partial charge in [-0.15, -0.1) is 0 Å². The highest BCUT2D eigenvalue weighted by Crippen LogP contribution is 2.09. The number of nitrogens with one attached hydrogen (secondary N) is 1. The van der Waals surface area contributed by atoms with Gasteiger partial charge in [0, 0.05) is 6.54 Å². The third kappa shape index (κ3) is 3.92. The van der Waals surface area contributed by atoms with Gasteiger partial charge in [-0.1, -0.05) is 13.8 Å². The quantitative estimate of drug-likeness (QED) is 0.754. The van der Waals surface area contributed by atoms with Gasteiger partial charge in [0.1, 0.15) is 6.26 Å². The largest absolute Gasteiger partial charge is 0.461 e. The van der Waals surface area contributed by atoms with Gasteiger partial charge in [-0.3, -0.25) is 0 Å². The molecule has 90 valence electrons. The van der Waals surface area contributed by atoms with E-state index < -0.39 is 5.97 Å². The van der Waals surface area contributed by atoms with Gasteiger partial charge >= 0.3 is 5.97 Å². The van der Waals surface area contributed by atoms with E-state index in [1.165, 1.54) is 6.26 Å². The zero-order valence-electron chi connectivity index (χ0n) is 9.95. The van der Waals surface area contributed by atoms with Crippen molar-refractivity contribution in [2.75, 3.05) is 18.5 Å². The van der Waals surface area contributed by atoms with Crippen LogP contribution in [0.5, 0.6) is 0 Å². The van der Waals surface area contributed by atoms with E-state index in [2.05, 4.69) is 24.1 Å². The molecule has 0 saturated heterocycles. The van der Waals surface area contributed by atoms with Gasteiger partial charge in [0.2, 0.25) is 0 Å². The molecule has 1 aromatic rings. The second-order valence-electron chi connectivity index (χ2n) is 3.87. The van der Waals surface area contributed by atoms with E-state index in [-0.39, 0.29) is 5.69 Å². The molecule has 16 heavy (non-hydrogen) atoms. The lowest BCUT2D eigenvalue weighted by Crippen LogP contribution is -2.07. The Morgan fingerprint density at radius 3 is 3.00 bits per heavy atom. The smallest absolute Gasteiger partial charge is 0.360 e. The first-order valence-electron chi connectivity index (χ1n) is 5.50. The number of aromatic nitrogens is 1. The van der Waals surface area contributed by atoms with E-state index in [0.717, 1.165) is 13.0 Å². The second-order valence-corrected chi connectivity index (χ2v) is 3.87. The maximum Gasteiger partial charge on any atom is 0.360 e. The van der Waals surface area contributed by atoms with Gasteiger partial charge < -0.3 is 14.5 Å². The van der Waals surface area contributed by atoms with Crippen LogP contribution in [0.1, 0.15) is 37.7 Å². The Hall–Kier alpha value is -1.52. The first-order chi connectivity index (χ1) is 7.63. The number of nitrogens with zero attached hydrogens (tertiary/aromatic N) is 1. The summed E-state index contributed by atoms with van der Waals surface area (Å²) < 4.78 is 9.89. The molecule has 0 bridgehead atoms. The SMILES string of the molecule is CCOC(=O)c1coc(NCCC(C)C)n1. The number of anilines is 1. The van der Waals surface area contributed by atoms with Crippen molar-refractivity contribution in [3.63, 3.8) is 0 Å². The molecule has 1 rings (SSSR count). The molecule has 0 atom stereocenters. The molecule has 5 heteroatoms. The molecular formula is C11H18N2O3. The van der Waals surface area contributed by atoms with E-state index in [1.807, 2.05) is 0 Å². The Morgan fingerprint density at radius 1 is 1.62 bits per heavy atom. The number of rotatable bonds is 6. The minimum absolute atomic E-state index is 0.203. The molecule has 0 radical (unpaired) electrons. The summed E-state index contributed by atoms with van der Waals surface area (Å²) in [6.45, 7) is 7.14. The highest BCUT2D eigenvalue weighted by atomic mass is 16.5. The fourth-order valence-corrected chi connectivity index (χ4v) is 1.12. The normalized spacial score (nSPS) is 10.5. The van der Waals surface area contributed by atoms with Crippen LogP contribution in [0.25, 0.3) is 0 Å². The first kappa shape index (κ1) is 12.5. The van der Waals surface area contributed by atoms with E-state index in [4.69, 9.17) is 9.15 Å². The van der Waals surface area contributed by atoms with Crippen LogP contribution in [0.4, 0.5) is 6.01 Å². The molecule has 0 fully saturated rings. The predicted molar refractivity (Wildman–Crippen MR) is 60.4 cm³/mol. The van der Waals surface area contributed by atoms with Crippen molar-refractivity contribution in [2.24, 2.45) is 5.92 Å². The Balaban J connectivity index is 2.42.